The molecule has 1 fully saturated rings. The lowest BCUT2D eigenvalue weighted by atomic mass is 10.1. The van der Waals surface area contributed by atoms with Crippen LogP contribution in [0.15, 0.2) is 12.1 Å². The molecule has 2 aromatic rings. The van der Waals surface area contributed by atoms with Gasteiger partial charge in [0.15, 0.2) is 0 Å². The maximum atomic E-state index is 9.85. The first-order valence-electron chi connectivity index (χ1n) is 8.47. The third-order valence-electron chi connectivity index (χ3n) is 4.61. The number of aliphatic hydroxyl groups excluding tert-OH is 1. The van der Waals surface area contributed by atoms with Crippen LogP contribution in [0.5, 0.6) is 0 Å². The van der Waals surface area contributed by atoms with E-state index in [0.29, 0.717) is 0 Å². The van der Waals surface area contributed by atoms with E-state index in [1.54, 1.807) is 18.9 Å². The maximum Gasteiger partial charge on any atom is 0.141 e. The van der Waals surface area contributed by atoms with Gasteiger partial charge in [-0.1, -0.05) is 6.07 Å². The van der Waals surface area contributed by atoms with Crippen LogP contribution in [0.25, 0.3) is 10.9 Å². The van der Waals surface area contributed by atoms with E-state index in [2.05, 4.69) is 17.0 Å². The number of aromatic nitrogens is 1. The van der Waals surface area contributed by atoms with E-state index >= 15 is 0 Å². The highest BCUT2D eigenvalue weighted by molar-refractivity contribution is 6.03. The Morgan fingerprint density at radius 3 is 2.67 bits per heavy atom. The van der Waals surface area contributed by atoms with Crippen molar-refractivity contribution in [3.63, 3.8) is 0 Å². The third-order valence-corrected chi connectivity index (χ3v) is 4.61. The minimum atomic E-state index is -0.722. The quantitative estimate of drug-likeness (QED) is 0.518. The highest BCUT2D eigenvalue weighted by Gasteiger charge is 2.22. The van der Waals surface area contributed by atoms with Crippen LogP contribution in [0.2, 0.25) is 0 Å². The molecule has 0 radical (unpaired) electrons. The Morgan fingerprint density at radius 2 is 2.00 bits per heavy atom. The normalized spacial score (nSPS) is 15.9. The molecule has 1 atom stereocenters. The van der Waals surface area contributed by atoms with Gasteiger partial charge in [0.1, 0.15) is 23.4 Å². The molecule has 3 rings (SSSR count). The molecule has 1 aliphatic rings. The van der Waals surface area contributed by atoms with E-state index in [-0.39, 0.29) is 5.84 Å². The summed E-state index contributed by atoms with van der Waals surface area (Å²) in [7, 11) is 1.73. The fraction of sp³-hybridized carbons (Fsp3) is 0.474. The number of aryl methyl sites for hydroxylation is 1. The van der Waals surface area contributed by atoms with Gasteiger partial charge < -0.3 is 14.9 Å². The summed E-state index contributed by atoms with van der Waals surface area (Å²) in [5.41, 5.74) is 2.53. The van der Waals surface area contributed by atoms with Crippen LogP contribution in [0, 0.1) is 24.5 Å². The molecule has 1 unspecified atom stereocenters. The Bertz CT molecular complexity index is 750. The van der Waals surface area contributed by atoms with Gasteiger partial charge in [-0.3, -0.25) is 5.41 Å². The summed E-state index contributed by atoms with van der Waals surface area (Å²) in [6.07, 6.45) is 2.80. The molecule has 5 nitrogen and oxygen atoms in total. The Morgan fingerprint density at radius 1 is 1.29 bits per heavy atom. The molecule has 5 heteroatoms. The van der Waals surface area contributed by atoms with E-state index in [1.165, 1.54) is 6.42 Å². The minimum absolute atomic E-state index is 0.283. The number of pyridine rings is 1. The standard InChI is InChI=1S/C19H24N4O/c1-13-7-8-17-15(11-13)12-16(18(20)22(3)14(2)24)19(21-17)23-9-5-4-6-10-23/h11-12,14,20,24H,4-6,9-10H2,1-3H3. The van der Waals surface area contributed by atoms with E-state index in [9.17, 15) is 5.11 Å². The first-order valence-corrected chi connectivity index (χ1v) is 8.47. The fourth-order valence-corrected chi connectivity index (χ4v) is 3.05. The summed E-state index contributed by atoms with van der Waals surface area (Å²) in [5, 5.41) is 19.3. The van der Waals surface area contributed by atoms with Crippen LogP contribution >= 0.6 is 0 Å². The van der Waals surface area contributed by atoms with Gasteiger partial charge in [-0.2, -0.15) is 0 Å². The van der Waals surface area contributed by atoms with Crippen molar-refractivity contribution in [3.05, 3.63) is 35.4 Å². The van der Waals surface area contributed by atoms with Crippen molar-refractivity contribution in [1.29, 1.82) is 5.41 Å². The predicted molar refractivity (Wildman–Crippen MR) is 96.5 cm³/mol. The average molecular weight is 324 g/mol. The smallest absolute Gasteiger partial charge is 0.141 e. The molecule has 1 aromatic heterocycles. The van der Waals surface area contributed by atoms with Crippen molar-refractivity contribution in [1.82, 2.24) is 9.88 Å². The molecule has 126 valence electrons. The predicted octanol–water partition coefficient (Wildman–Crippen LogP) is 2.73. The molecular weight excluding hydrogens is 300 g/mol. The van der Waals surface area contributed by atoms with E-state index in [0.717, 1.165) is 53.8 Å². The minimum Gasteiger partial charge on any atom is -0.374 e. The molecule has 2 N–H and O–H groups in total. The van der Waals surface area contributed by atoms with Crippen molar-refractivity contribution in [3.8, 4) is 0 Å². The highest BCUT2D eigenvalue weighted by Crippen LogP contribution is 2.27. The number of piperidine rings is 1. The first kappa shape index (κ1) is 16.5. The SMILES string of the molecule is Cc1c#cc2nc(N3CCCCC3)c(C(=N)N(C)C(C)O)cc2c1. The van der Waals surface area contributed by atoms with Crippen LogP contribution < -0.4 is 4.90 Å². The molecule has 0 amide bonds. The first-order chi connectivity index (χ1) is 11.5. The molecule has 0 bridgehead atoms. The van der Waals surface area contributed by atoms with E-state index < -0.39 is 6.23 Å². The summed E-state index contributed by atoms with van der Waals surface area (Å²) in [6.45, 7) is 5.54. The van der Waals surface area contributed by atoms with Crippen LogP contribution in [-0.2, 0) is 0 Å². The van der Waals surface area contributed by atoms with Gasteiger partial charge in [0.25, 0.3) is 0 Å². The monoisotopic (exact) mass is 324 g/mol. The Hall–Kier alpha value is -2.32. The average Bonchev–Trinajstić information content (AvgIpc) is 2.60. The van der Waals surface area contributed by atoms with Crippen molar-refractivity contribution in [2.75, 3.05) is 25.0 Å². The highest BCUT2D eigenvalue weighted by atomic mass is 16.3. The van der Waals surface area contributed by atoms with Gasteiger partial charge in [0.2, 0.25) is 0 Å². The van der Waals surface area contributed by atoms with Gasteiger partial charge in [-0.15, -0.1) is 0 Å². The third kappa shape index (κ3) is 3.15. The zero-order chi connectivity index (χ0) is 17.3. The van der Waals surface area contributed by atoms with Crippen LogP contribution in [0.3, 0.4) is 0 Å². The number of amidine groups is 1. The number of nitrogens with one attached hydrogen (secondary N) is 1. The molecular formula is C19H24N4O. The second-order valence-corrected chi connectivity index (χ2v) is 6.51. The van der Waals surface area contributed by atoms with Crippen LogP contribution in [-0.4, -0.2) is 47.2 Å². The maximum absolute atomic E-state index is 9.85. The summed E-state index contributed by atoms with van der Waals surface area (Å²) >= 11 is 0. The zero-order valence-electron chi connectivity index (χ0n) is 14.6. The van der Waals surface area contributed by atoms with Crippen LogP contribution in [0.4, 0.5) is 5.82 Å². The number of hydrogen-bond acceptors (Lipinski definition) is 4. The van der Waals surface area contributed by atoms with Crippen molar-refractivity contribution < 1.29 is 5.11 Å². The lowest BCUT2D eigenvalue weighted by molar-refractivity contribution is 0.0876. The number of anilines is 1. The summed E-state index contributed by atoms with van der Waals surface area (Å²) < 4.78 is 0. The lowest BCUT2D eigenvalue weighted by Gasteiger charge is -2.31. The second-order valence-electron chi connectivity index (χ2n) is 6.51. The molecule has 0 spiro atoms. The number of fused-ring (bicyclic) bond motifs is 1. The number of rotatable bonds is 3. The van der Waals surface area contributed by atoms with Crippen molar-refractivity contribution in [2.24, 2.45) is 0 Å². The number of aliphatic hydroxyl groups is 1. The molecule has 0 saturated carbocycles. The van der Waals surface area contributed by atoms with Gasteiger partial charge in [-0.05, 0) is 51.3 Å². The molecule has 1 saturated heterocycles. The largest absolute Gasteiger partial charge is 0.374 e. The van der Waals surface area contributed by atoms with Crippen LogP contribution in [0.1, 0.15) is 37.3 Å². The molecule has 1 aromatic carbocycles. The van der Waals surface area contributed by atoms with Gasteiger partial charge >= 0.3 is 0 Å². The molecule has 0 aliphatic carbocycles. The Labute approximate surface area is 143 Å². The van der Waals surface area contributed by atoms with Crippen molar-refractivity contribution in [2.45, 2.75) is 39.3 Å². The van der Waals surface area contributed by atoms with E-state index in [1.807, 2.05) is 19.1 Å². The Kier molecular flexibility index (Phi) is 4.59. The lowest BCUT2D eigenvalue weighted by Crippen LogP contribution is -2.37. The summed E-state index contributed by atoms with van der Waals surface area (Å²) in [4.78, 5) is 8.60. The second kappa shape index (κ2) is 6.66. The molecule has 24 heavy (non-hydrogen) atoms. The number of nitrogens with zero attached hydrogens (tertiary/aromatic N) is 3. The fourth-order valence-electron chi connectivity index (χ4n) is 3.05. The van der Waals surface area contributed by atoms with Crippen molar-refractivity contribution >= 4 is 22.6 Å². The van der Waals surface area contributed by atoms with Gasteiger partial charge in [-0.25, -0.2) is 4.98 Å². The molecule has 2 heterocycles. The summed E-state index contributed by atoms with van der Waals surface area (Å²) in [6, 6.07) is 10.2. The zero-order valence-corrected chi connectivity index (χ0v) is 14.6. The van der Waals surface area contributed by atoms with Gasteiger partial charge in [0.05, 0.1) is 5.56 Å². The van der Waals surface area contributed by atoms with E-state index in [4.69, 9.17) is 10.4 Å². The number of hydrogen-bond donors (Lipinski definition) is 2. The topological polar surface area (TPSA) is 63.5 Å². The van der Waals surface area contributed by atoms with Gasteiger partial charge in [0, 0.05) is 31.1 Å². The summed E-state index contributed by atoms with van der Waals surface area (Å²) in [5.74, 6) is 1.10. The molecule has 1 aliphatic heterocycles. The Balaban J connectivity index is 2.13.